The van der Waals surface area contributed by atoms with E-state index in [1.54, 1.807) is 0 Å². The van der Waals surface area contributed by atoms with Crippen LogP contribution in [0.5, 0.6) is 0 Å². The Kier molecular flexibility index (Phi) is 2.09. The molecule has 4 nitrogen and oxygen atoms in total. The second-order valence-electron chi connectivity index (χ2n) is 4.64. The van der Waals surface area contributed by atoms with Crippen LogP contribution in [0, 0.1) is 0 Å². The smallest absolute Gasteiger partial charge is 0.316 e. The molecule has 3 N–H and O–H groups in total. The quantitative estimate of drug-likeness (QED) is 0.794. The highest BCUT2D eigenvalue weighted by atomic mass is 16.2. The first-order valence-electron chi connectivity index (χ1n) is 5.83. The Morgan fingerprint density at radius 2 is 2.25 bits per heavy atom. The fourth-order valence-electron chi connectivity index (χ4n) is 2.40. The van der Waals surface area contributed by atoms with Crippen molar-refractivity contribution in [2.45, 2.75) is 38.0 Å². The molecule has 1 fully saturated rings. The lowest BCUT2D eigenvalue weighted by Gasteiger charge is -2.10. The Morgan fingerprint density at radius 1 is 1.44 bits per heavy atom. The first-order chi connectivity index (χ1) is 7.74. The number of nitrogens with one attached hydrogen (secondary N) is 1. The third-order valence-corrected chi connectivity index (χ3v) is 3.32. The number of aryl methyl sites for hydroxylation is 1. The van der Waals surface area contributed by atoms with Crippen LogP contribution in [0.15, 0.2) is 6.07 Å². The molecule has 0 saturated heterocycles. The van der Waals surface area contributed by atoms with Gasteiger partial charge in [-0.15, -0.1) is 0 Å². The van der Waals surface area contributed by atoms with Crippen molar-refractivity contribution in [3.63, 3.8) is 0 Å². The Labute approximate surface area is 94.2 Å². The molecule has 2 aliphatic rings. The molecule has 16 heavy (non-hydrogen) atoms. The topological polar surface area (TPSA) is 68.0 Å². The van der Waals surface area contributed by atoms with E-state index in [1.807, 2.05) is 6.07 Å². The van der Waals surface area contributed by atoms with Crippen LogP contribution in [0.4, 0.5) is 10.5 Å². The number of carbonyl (C=O) groups is 1. The van der Waals surface area contributed by atoms with E-state index in [0.717, 1.165) is 36.3 Å². The number of nitrogens with zero attached hydrogens (tertiary/aromatic N) is 1. The van der Waals surface area contributed by atoms with Gasteiger partial charge in [0.2, 0.25) is 0 Å². The van der Waals surface area contributed by atoms with E-state index in [1.165, 1.54) is 18.4 Å². The molecule has 0 aliphatic heterocycles. The van der Waals surface area contributed by atoms with Crippen molar-refractivity contribution in [1.82, 2.24) is 4.98 Å². The summed E-state index contributed by atoms with van der Waals surface area (Å²) in [6.45, 7) is 0. The van der Waals surface area contributed by atoms with Crippen LogP contribution in [-0.2, 0) is 12.8 Å². The molecule has 1 aromatic rings. The van der Waals surface area contributed by atoms with Gasteiger partial charge in [0.25, 0.3) is 0 Å². The van der Waals surface area contributed by atoms with Crippen LogP contribution >= 0.6 is 0 Å². The number of pyridine rings is 1. The molecule has 0 atom stereocenters. The average Bonchev–Trinajstić information content (AvgIpc) is 2.96. The molecule has 0 radical (unpaired) electrons. The summed E-state index contributed by atoms with van der Waals surface area (Å²) in [4.78, 5) is 15.6. The van der Waals surface area contributed by atoms with E-state index < -0.39 is 6.03 Å². The van der Waals surface area contributed by atoms with Crippen molar-refractivity contribution in [2.24, 2.45) is 5.73 Å². The molecule has 84 valence electrons. The Bertz CT molecular complexity index is 452. The van der Waals surface area contributed by atoms with E-state index >= 15 is 0 Å². The molecule has 4 heteroatoms. The lowest BCUT2D eigenvalue weighted by atomic mass is 10.1. The Morgan fingerprint density at radius 3 is 2.94 bits per heavy atom. The van der Waals surface area contributed by atoms with Crippen LogP contribution in [0.3, 0.4) is 0 Å². The van der Waals surface area contributed by atoms with Gasteiger partial charge in [0.15, 0.2) is 0 Å². The number of hydrogen-bond acceptors (Lipinski definition) is 2. The minimum atomic E-state index is -0.484. The number of fused-ring (bicyclic) bond motifs is 1. The van der Waals surface area contributed by atoms with Gasteiger partial charge < -0.3 is 11.1 Å². The summed E-state index contributed by atoms with van der Waals surface area (Å²) in [7, 11) is 0. The van der Waals surface area contributed by atoms with Crippen molar-refractivity contribution < 1.29 is 4.79 Å². The number of aromatic nitrogens is 1. The van der Waals surface area contributed by atoms with E-state index in [-0.39, 0.29) is 0 Å². The van der Waals surface area contributed by atoms with Gasteiger partial charge in [-0.3, -0.25) is 4.98 Å². The highest BCUT2D eigenvalue weighted by molar-refractivity contribution is 5.89. The minimum absolute atomic E-state index is 0.484. The average molecular weight is 217 g/mol. The molecule has 0 aromatic carbocycles. The Balaban J connectivity index is 2.02. The number of primary amides is 1. The molecule has 0 unspecified atom stereocenters. The van der Waals surface area contributed by atoms with Crippen LogP contribution in [0.2, 0.25) is 0 Å². The van der Waals surface area contributed by atoms with E-state index in [0.29, 0.717) is 5.92 Å². The number of rotatable bonds is 2. The maximum atomic E-state index is 11.0. The van der Waals surface area contributed by atoms with Gasteiger partial charge in [0, 0.05) is 23.0 Å². The molecule has 1 saturated carbocycles. The van der Waals surface area contributed by atoms with Gasteiger partial charge in [-0.1, -0.05) is 0 Å². The van der Waals surface area contributed by atoms with Gasteiger partial charge >= 0.3 is 6.03 Å². The maximum Gasteiger partial charge on any atom is 0.316 e. The zero-order valence-corrected chi connectivity index (χ0v) is 9.12. The number of nitrogens with two attached hydrogens (primary N) is 1. The summed E-state index contributed by atoms with van der Waals surface area (Å²) >= 11 is 0. The van der Waals surface area contributed by atoms with Crippen molar-refractivity contribution >= 4 is 11.7 Å². The van der Waals surface area contributed by atoms with Crippen LogP contribution in [-0.4, -0.2) is 11.0 Å². The number of anilines is 1. The first kappa shape index (κ1) is 9.63. The van der Waals surface area contributed by atoms with Crippen LogP contribution < -0.4 is 11.1 Å². The monoisotopic (exact) mass is 217 g/mol. The van der Waals surface area contributed by atoms with E-state index in [9.17, 15) is 4.79 Å². The molecule has 2 amide bonds. The molecule has 3 rings (SSSR count). The van der Waals surface area contributed by atoms with Gasteiger partial charge in [-0.05, 0) is 43.7 Å². The number of amides is 2. The standard InChI is InChI=1S/C12H15N3O/c13-12(16)15-11-6-10(7-4-5-7)14-9-3-1-2-8(9)11/h6-7H,1-5H2,(H3,13,14,15,16). The normalized spacial score (nSPS) is 18.2. The highest BCUT2D eigenvalue weighted by Gasteiger charge is 2.28. The molecular formula is C12H15N3O. The van der Waals surface area contributed by atoms with Gasteiger partial charge in [-0.2, -0.15) is 0 Å². The number of urea groups is 1. The SMILES string of the molecule is NC(=O)Nc1cc(C2CC2)nc2c1CCC2. The third kappa shape index (κ3) is 1.64. The van der Waals surface area contributed by atoms with Crippen molar-refractivity contribution in [3.05, 3.63) is 23.0 Å². The van der Waals surface area contributed by atoms with Crippen LogP contribution in [0.1, 0.15) is 42.1 Å². The second kappa shape index (κ2) is 3.47. The fraction of sp³-hybridized carbons (Fsp3) is 0.500. The highest BCUT2D eigenvalue weighted by Crippen LogP contribution is 2.41. The van der Waals surface area contributed by atoms with E-state index in [2.05, 4.69) is 5.32 Å². The molecular weight excluding hydrogens is 202 g/mol. The minimum Gasteiger partial charge on any atom is -0.351 e. The summed E-state index contributed by atoms with van der Waals surface area (Å²) in [6, 6.07) is 1.52. The summed E-state index contributed by atoms with van der Waals surface area (Å²) < 4.78 is 0. The summed E-state index contributed by atoms with van der Waals surface area (Å²) in [5, 5.41) is 2.73. The third-order valence-electron chi connectivity index (χ3n) is 3.32. The Hall–Kier alpha value is -1.58. The molecule has 1 heterocycles. The van der Waals surface area contributed by atoms with Crippen molar-refractivity contribution in [2.75, 3.05) is 5.32 Å². The maximum absolute atomic E-state index is 11.0. The summed E-state index contributed by atoms with van der Waals surface area (Å²) in [6.07, 6.45) is 5.61. The van der Waals surface area contributed by atoms with Crippen molar-refractivity contribution in [3.8, 4) is 0 Å². The molecule has 0 bridgehead atoms. The zero-order valence-electron chi connectivity index (χ0n) is 9.12. The number of hydrogen-bond donors (Lipinski definition) is 2. The lowest BCUT2D eigenvalue weighted by Crippen LogP contribution is -2.20. The van der Waals surface area contributed by atoms with Crippen LogP contribution in [0.25, 0.3) is 0 Å². The largest absolute Gasteiger partial charge is 0.351 e. The number of carbonyl (C=O) groups excluding carboxylic acids is 1. The predicted octanol–water partition coefficient (Wildman–Crippen LogP) is 1.94. The van der Waals surface area contributed by atoms with Gasteiger partial charge in [-0.25, -0.2) is 4.79 Å². The molecule has 1 aromatic heterocycles. The van der Waals surface area contributed by atoms with E-state index in [4.69, 9.17) is 10.7 Å². The second-order valence-corrected chi connectivity index (χ2v) is 4.64. The summed E-state index contributed by atoms with van der Waals surface area (Å²) in [5.74, 6) is 0.610. The zero-order chi connectivity index (χ0) is 11.1. The molecule has 0 spiro atoms. The fourth-order valence-corrected chi connectivity index (χ4v) is 2.40. The van der Waals surface area contributed by atoms with Gasteiger partial charge in [0.05, 0.1) is 0 Å². The lowest BCUT2D eigenvalue weighted by molar-refractivity contribution is 0.259. The molecule has 2 aliphatic carbocycles. The first-order valence-corrected chi connectivity index (χ1v) is 5.83. The van der Waals surface area contributed by atoms with Crippen molar-refractivity contribution in [1.29, 1.82) is 0 Å². The summed E-state index contributed by atoms with van der Waals surface area (Å²) in [5.41, 5.74) is 9.55. The predicted molar refractivity (Wildman–Crippen MR) is 61.4 cm³/mol. The van der Waals surface area contributed by atoms with Gasteiger partial charge in [0.1, 0.15) is 0 Å².